The summed E-state index contributed by atoms with van der Waals surface area (Å²) < 4.78 is 5.43. The van der Waals surface area contributed by atoms with Crippen molar-refractivity contribution in [1.29, 1.82) is 0 Å². The minimum Gasteiger partial charge on any atom is -0.444 e. The fourth-order valence-corrected chi connectivity index (χ4v) is 5.87. The lowest BCUT2D eigenvalue weighted by Crippen LogP contribution is -2.41. The molecule has 31 heavy (non-hydrogen) atoms. The van der Waals surface area contributed by atoms with Crippen molar-refractivity contribution in [1.82, 2.24) is 10.2 Å². The molecule has 2 aliphatic heterocycles. The van der Waals surface area contributed by atoms with E-state index in [-0.39, 0.29) is 40.8 Å². The summed E-state index contributed by atoms with van der Waals surface area (Å²) in [6, 6.07) is 7.08. The first kappa shape index (κ1) is 22.2. The average Bonchev–Trinajstić information content (AvgIpc) is 3.14. The zero-order valence-corrected chi connectivity index (χ0v) is 20.2. The van der Waals surface area contributed by atoms with E-state index < -0.39 is 5.60 Å². The van der Waals surface area contributed by atoms with Gasteiger partial charge in [-0.15, -0.1) is 0 Å². The van der Waals surface area contributed by atoms with Crippen molar-refractivity contribution in [2.45, 2.75) is 104 Å². The van der Waals surface area contributed by atoms with E-state index in [1.807, 2.05) is 20.8 Å². The molecule has 2 amide bonds. The van der Waals surface area contributed by atoms with E-state index in [0.717, 1.165) is 19.3 Å². The molecule has 1 saturated carbocycles. The zero-order chi connectivity index (χ0) is 22.8. The zero-order valence-electron chi connectivity index (χ0n) is 20.2. The van der Waals surface area contributed by atoms with Gasteiger partial charge in [0.05, 0.1) is 5.41 Å². The number of carbonyl (C=O) groups excluding carboxylic acids is 2. The van der Waals surface area contributed by atoms with Crippen LogP contribution in [0.25, 0.3) is 0 Å². The number of alkyl carbamates (subject to hydrolysis) is 1. The lowest BCUT2D eigenvalue weighted by Gasteiger charge is -2.34. The lowest BCUT2D eigenvalue weighted by atomic mass is 9.73. The van der Waals surface area contributed by atoms with Crippen LogP contribution in [0.2, 0.25) is 0 Å². The van der Waals surface area contributed by atoms with Gasteiger partial charge in [-0.25, -0.2) is 4.79 Å². The van der Waals surface area contributed by atoms with Crippen molar-refractivity contribution < 1.29 is 14.3 Å². The fourth-order valence-electron chi connectivity index (χ4n) is 5.87. The van der Waals surface area contributed by atoms with E-state index in [1.165, 1.54) is 16.7 Å². The Balaban J connectivity index is 1.51. The first-order chi connectivity index (χ1) is 14.3. The summed E-state index contributed by atoms with van der Waals surface area (Å²) in [6.45, 7) is 15.2. The molecule has 0 bridgehead atoms. The Kier molecular flexibility index (Phi) is 5.18. The molecular formula is C26H38N2O3. The number of amides is 2. The molecule has 0 aromatic heterocycles. The molecule has 4 atom stereocenters. The van der Waals surface area contributed by atoms with Crippen molar-refractivity contribution in [3.63, 3.8) is 0 Å². The Bertz CT molecular complexity index is 895. The lowest BCUT2D eigenvalue weighted by molar-refractivity contribution is -0.137. The molecule has 0 radical (unpaired) electrons. The minimum absolute atomic E-state index is 0.00234. The molecular weight excluding hydrogens is 388 g/mol. The monoisotopic (exact) mass is 426 g/mol. The predicted molar refractivity (Wildman–Crippen MR) is 122 cm³/mol. The highest BCUT2D eigenvalue weighted by atomic mass is 16.6. The fraction of sp³-hybridized carbons (Fsp3) is 0.692. The summed E-state index contributed by atoms with van der Waals surface area (Å²) >= 11 is 0. The third-order valence-corrected chi connectivity index (χ3v) is 7.65. The van der Waals surface area contributed by atoms with Crippen LogP contribution in [0.1, 0.15) is 84.4 Å². The highest BCUT2D eigenvalue weighted by Gasteiger charge is 2.60. The van der Waals surface area contributed by atoms with Gasteiger partial charge in [0.2, 0.25) is 5.91 Å². The van der Waals surface area contributed by atoms with Crippen LogP contribution in [-0.2, 0) is 27.9 Å². The minimum atomic E-state index is -0.519. The SMILES string of the molecule is CC1C2Cc3ccc(C(C)(C)C)cc3CN2C(=O)[C@]12CC[C@@H](NC(=O)OC(C)(C)C)C2. The highest BCUT2D eigenvalue weighted by Crippen LogP contribution is 2.54. The van der Waals surface area contributed by atoms with Crippen LogP contribution in [-0.4, -0.2) is 34.6 Å². The Morgan fingerprint density at radius 1 is 1.16 bits per heavy atom. The van der Waals surface area contributed by atoms with Crippen LogP contribution in [0, 0.1) is 11.3 Å². The van der Waals surface area contributed by atoms with Gasteiger partial charge in [-0.2, -0.15) is 0 Å². The number of fused-ring (bicyclic) bond motifs is 2. The smallest absolute Gasteiger partial charge is 0.407 e. The molecule has 1 N–H and O–H groups in total. The van der Waals surface area contributed by atoms with E-state index in [2.05, 4.69) is 56.1 Å². The van der Waals surface area contributed by atoms with Crippen LogP contribution in [0.5, 0.6) is 0 Å². The van der Waals surface area contributed by atoms with E-state index in [9.17, 15) is 9.59 Å². The Morgan fingerprint density at radius 2 is 1.87 bits per heavy atom. The number of benzene rings is 1. The van der Waals surface area contributed by atoms with Gasteiger partial charge in [-0.1, -0.05) is 45.9 Å². The van der Waals surface area contributed by atoms with Crippen LogP contribution >= 0.6 is 0 Å². The van der Waals surface area contributed by atoms with E-state index in [0.29, 0.717) is 13.0 Å². The van der Waals surface area contributed by atoms with Gasteiger partial charge in [0.25, 0.3) is 0 Å². The average molecular weight is 427 g/mol. The van der Waals surface area contributed by atoms with Gasteiger partial charge in [0.15, 0.2) is 0 Å². The van der Waals surface area contributed by atoms with Crippen molar-refractivity contribution in [3.8, 4) is 0 Å². The molecule has 170 valence electrons. The molecule has 1 aromatic carbocycles. The summed E-state index contributed by atoms with van der Waals surface area (Å²) in [7, 11) is 0. The topological polar surface area (TPSA) is 58.6 Å². The summed E-state index contributed by atoms with van der Waals surface area (Å²) in [5, 5.41) is 3.02. The Morgan fingerprint density at radius 3 is 2.52 bits per heavy atom. The van der Waals surface area contributed by atoms with E-state index >= 15 is 0 Å². The molecule has 1 spiro atoms. The van der Waals surface area contributed by atoms with Crippen molar-refractivity contribution in [2.24, 2.45) is 11.3 Å². The maximum atomic E-state index is 13.7. The third kappa shape index (κ3) is 3.96. The molecule has 2 heterocycles. The molecule has 1 aliphatic carbocycles. The van der Waals surface area contributed by atoms with Gasteiger partial charge in [0, 0.05) is 18.6 Å². The Hall–Kier alpha value is -2.04. The van der Waals surface area contributed by atoms with E-state index in [1.54, 1.807) is 0 Å². The number of ether oxygens (including phenoxy) is 1. The molecule has 1 aromatic rings. The van der Waals surface area contributed by atoms with Gasteiger partial charge in [0.1, 0.15) is 5.60 Å². The normalized spacial score (nSPS) is 30.4. The van der Waals surface area contributed by atoms with Gasteiger partial charge in [-0.3, -0.25) is 4.79 Å². The third-order valence-electron chi connectivity index (χ3n) is 7.65. The second kappa shape index (κ2) is 7.25. The quantitative estimate of drug-likeness (QED) is 0.691. The Labute approximate surface area is 186 Å². The molecule has 5 nitrogen and oxygen atoms in total. The summed E-state index contributed by atoms with van der Waals surface area (Å²) in [4.78, 5) is 28.1. The van der Waals surface area contributed by atoms with Crippen molar-refractivity contribution >= 4 is 12.0 Å². The van der Waals surface area contributed by atoms with Crippen LogP contribution in [0.3, 0.4) is 0 Å². The number of carbonyl (C=O) groups is 2. The standard InChI is InChI=1S/C26H38N2O3/c1-16-21-13-17-8-9-19(24(2,3)4)12-18(17)15-28(21)22(29)26(16)11-10-20(14-26)27-23(30)31-25(5,6)7/h8-9,12,16,20-21H,10-11,13-15H2,1-7H3,(H,27,30)/t16?,20-,21?,26+/m1/s1. The number of nitrogens with one attached hydrogen (secondary N) is 1. The number of hydrogen-bond acceptors (Lipinski definition) is 3. The van der Waals surface area contributed by atoms with Crippen LogP contribution in [0.4, 0.5) is 4.79 Å². The number of hydrogen-bond donors (Lipinski definition) is 1. The maximum Gasteiger partial charge on any atom is 0.407 e. The van der Waals surface area contributed by atoms with Crippen molar-refractivity contribution in [3.05, 3.63) is 34.9 Å². The maximum absolute atomic E-state index is 13.7. The molecule has 5 heteroatoms. The first-order valence-corrected chi connectivity index (χ1v) is 11.7. The number of nitrogens with zero attached hydrogens (tertiary/aromatic N) is 1. The summed E-state index contributed by atoms with van der Waals surface area (Å²) in [5.74, 6) is 0.561. The molecule has 4 rings (SSSR count). The summed E-state index contributed by atoms with van der Waals surface area (Å²) in [5.41, 5.74) is 3.22. The van der Waals surface area contributed by atoms with Gasteiger partial charge >= 0.3 is 6.09 Å². The highest BCUT2D eigenvalue weighted by molar-refractivity contribution is 5.87. The molecule has 2 fully saturated rings. The van der Waals surface area contributed by atoms with Crippen LogP contribution < -0.4 is 5.32 Å². The van der Waals surface area contributed by atoms with Gasteiger partial charge < -0.3 is 15.0 Å². The second-order valence-electron chi connectivity index (χ2n) is 12.0. The predicted octanol–water partition coefficient (Wildman–Crippen LogP) is 4.95. The second-order valence-corrected chi connectivity index (χ2v) is 12.0. The van der Waals surface area contributed by atoms with E-state index in [4.69, 9.17) is 4.74 Å². The summed E-state index contributed by atoms with van der Waals surface area (Å²) in [6.07, 6.45) is 2.93. The first-order valence-electron chi connectivity index (χ1n) is 11.7. The molecule has 3 aliphatic rings. The molecule has 1 saturated heterocycles. The van der Waals surface area contributed by atoms with Gasteiger partial charge in [-0.05, 0) is 74.5 Å². The number of rotatable bonds is 1. The largest absolute Gasteiger partial charge is 0.444 e. The van der Waals surface area contributed by atoms with Crippen LogP contribution in [0.15, 0.2) is 18.2 Å². The van der Waals surface area contributed by atoms with Crippen molar-refractivity contribution in [2.75, 3.05) is 0 Å². The molecule has 2 unspecified atom stereocenters.